The third kappa shape index (κ3) is 6.10. The summed E-state index contributed by atoms with van der Waals surface area (Å²) in [6.45, 7) is 10.3. The molecule has 6 rings (SSSR count). The molecule has 47 heavy (non-hydrogen) atoms. The second-order valence-corrected chi connectivity index (χ2v) is 14.5. The number of benzene rings is 3. The minimum absolute atomic E-state index is 0.135. The first-order valence-corrected chi connectivity index (χ1v) is 17.4. The average Bonchev–Trinajstić information content (AvgIpc) is 3.47. The molecule has 0 amide bonds. The van der Waals surface area contributed by atoms with E-state index in [9.17, 15) is 9.59 Å². The first-order valence-electron chi connectivity index (χ1n) is 15.0. The van der Waals surface area contributed by atoms with Crippen LogP contribution in [0.1, 0.15) is 54.8 Å². The minimum atomic E-state index is -0.816. The fraction of sp³-hybridized carbons (Fsp3) is 0.250. The molecule has 0 radical (unpaired) electrons. The fourth-order valence-electron chi connectivity index (χ4n) is 6.15. The maximum absolute atomic E-state index is 14.5. The van der Waals surface area contributed by atoms with Crippen LogP contribution in [0.15, 0.2) is 80.1 Å². The SMILES string of the molecule is COC(=O)C1=C(C)N=c2s/c(=C\c3c(C)n(Cc4ccc(Cl)cc4Cl)c4c(C)cccc34)c(=O)n2[C@H]1c1cc(Br)ccc1OC(C)C. The third-order valence-corrected chi connectivity index (χ3v) is 10.3. The largest absolute Gasteiger partial charge is 0.491 e. The van der Waals surface area contributed by atoms with Gasteiger partial charge in [0.1, 0.15) is 11.8 Å². The Labute approximate surface area is 294 Å². The standard InChI is InChI=1S/C36H32BrCl2N3O4S/c1-18(2)46-29-13-11-23(37)14-27(29)33-31(35(44)45-6)20(4)40-36-42(33)34(43)30(47-36)16-26-21(5)41(32-19(3)8-7-9-25(26)32)17-22-10-12-24(38)15-28(22)39/h7-16,18,33H,17H2,1-6H3/b30-16-/t33-/m0/s1. The Hall–Kier alpha value is -3.63. The molecule has 3 heterocycles. The van der Waals surface area contributed by atoms with E-state index in [1.54, 1.807) is 17.6 Å². The Bertz CT molecular complexity index is 2300. The van der Waals surface area contributed by atoms with Gasteiger partial charge in [0.25, 0.3) is 5.56 Å². The highest BCUT2D eigenvalue weighted by molar-refractivity contribution is 9.10. The van der Waals surface area contributed by atoms with Gasteiger partial charge in [0.15, 0.2) is 4.80 Å². The highest BCUT2D eigenvalue weighted by atomic mass is 79.9. The molecule has 1 aliphatic heterocycles. The topological polar surface area (TPSA) is 74.8 Å². The summed E-state index contributed by atoms with van der Waals surface area (Å²) in [6.07, 6.45) is 1.80. The summed E-state index contributed by atoms with van der Waals surface area (Å²) in [5, 5.41) is 2.18. The number of esters is 1. The van der Waals surface area contributed by atoms with E-state index >= 15 is 0 Å². The van der Waals surface area contributed by atoms with Crippen molar-refractivity contribution in [3.8, 4) is 5.75 Å². The Morgan fingerprint density at radius 2 is 1.87 bits per heavy atom. The number of allylic oxidation sites excluding steroid dienone is 1. The molecule has 1 atom stereocenters. The number of methoxy groups -OCH3 is 1. The van der Waals surface area contributed by atoms with Crippen LogP contribution in [-0.2, 0) is 16.1 Å². The van der Waals surface area contributed by atoms with E-state index in [2.05, 4.69) is 39.6 Å². The highest BCUT2D eigenvalue weighted by Crippen LogP contribution is 2.38. The van der Waals surface area contributed by atoms with E-state index in [4.69, 9.17) is 37.7 Å². The first-order chi connectivity index (χ1) is 22.4. The number of nitrogens with zero attached hydrogens (tertiary/aromatic N) is 3. The van der Waals surface area contributed by atoms with Gasteiger partial charge in [0, 0.05) is 43.3 Å². The van der Waals surface area contributed by atoms with Crippen LogP contribution < -0.4 is 19.6 Å². The Kier molecular flexibility index (Phi) is 9.28. The molecule has 2 aromatic heterocycles. The number of aryl methyl sites for hydroxylation is 1. The number of ether oxygens (including phenoxy) is 2. The van der Waals surface area contributed by atoms with Crippen molar-refractivity contribution in [1.82, 2.24) is 9.13 Å². The molecule has 0 unspecified atom stereocenters. The summed E-state index contributed by atoms with van der Waals surface area (Å²) in [6, 6.07) is 16.5. The van der Waals surface area contributed by atoms with E-state index in [-0.39, 0.29) is 17.2 Å². The van der Waals surface area contributed by atoms with E-state index < -0.39 is 12.0 Å². The van der Waals surface area contributed by atoms with Gasteiger partial charge in [-0.25, -0.2) is 9.79 Å². The zero-order valence-electron chi connectivity index (χ0n) is 26.7. The van der Waals surface area contributed by atoms with Crippen molar-refractivity contribution in [2.75, 3.05) is 7.11 Å². The lowest BCUT2D eigenvalue weighted by Crippen LogP contribution is -2.40. The van der Waals surface area contributed by atoms with Gasteiger partial charge in [-0.05, 0) is 82.2 Å². The molecule has 0 saturated carbocycles. The number of para-hydroxylation sites is 1. The molecule has 0 fully saturated rings. The molecule has 5 aromatic rings. The first kappa shape index (κ1) is 33.3. The van der Waals surface area contributed by atoms with Gasteiger partial charge in [-0.15, -0.1) is 0 Å². The Morgan fingerprint density at radius 3 is 2.57 bits per heavy atom. The summed E-state index contributed by atoms with van der Waals surface area (Å²) in [5.41, 5.74) is 6.14. The zero-order valence-corrected chi connectivity index (χ0v) is 30.6. The number of aromatic nitrogens is 2. The maximum atomic E-state index is 14.5. The molecule has 7 nitrogen and oxygen atoms in total. The lowest BCUT2D eigenvalue weighted by Gasteiger charge is -2.26. The zero-order chi connectivity index (χ0) is 33.7. The fourth-order valence-corrected chi connectivity index (χ4v) is 8.03. The number of halogens is 3. The Morgan fingerprint density at radius 1 is 1.11 bits per heavy atom. The molecule has 0 spiro atoms. The van der Waals surface area contributed by atoms with Crippen LogP contribution in [0.5, 0.6) is 5.75 Å². The van der Waals surface area contributed by atoms with Crippen molar-refractivity contribution in [1.29, 1.82) is 0 Å². The number of thiazole rings is 1. The molecule has 3 aromatic carbocycles. The Balaban J connectivity index is 1.60. The number of carbonyl (C=O) groups excluding carboxylic acids is 1. The molecule has 11 heteroatoms. The summed E-state index contributed by atoms with van der Waals surface area (Å²) >= 11 is 17.6. The van der Waals surface area contributed by atoms with Gasteiger partial charge >= 0.3 is 5.97 Å². The molecule has 1 aliphatic rings. The quantitative estimate of drug-likeness (QED) is 0.159. The summed E-state index contributed by atoms with van der Waals surface area (Å²) in [4.78, 5) is 33.0. The van der Waals surface area contributed by atoms with E-state index in [1.807, 2.05) is 63.2 Å². The van der Waals surface area contributed by atoms with Crippen molar-refractivity contribution >= 4 is 73.4 Å². The summed E-state index contributed by atoms with van der Waals surface area (Å²) < 4.78 is 16.5. The molecular weight excluding hydrogens is 721 g/mol. The predicted octanol–water partition coefficient (Wildman–Crippen LogP) is 7.88. The molecular formula is C36H32BrCl2N3O4S. The van der Waals surface area contributed by atoms with Gasteiger partial charge in [-0.1, -0.05) is 74.7 Å². The lowest BCUT2D eigenvalue weighted by molar-refractivity contribution is -0.136. The molecule has 0 bridgehead atoms. The van der Waals surface area contributed by atoms with Gasteiger partial charge in [0.2, 0.25) is 0 Å². The van der Waals surface area contributed by atoms with Crippen molar-refractivity contribution in [2.45, 2.75) is 53.3 Å². The average molecular weight is 754 g/mol. The van der Waals surface area contributed by atoms with Crippen LogP contribution >= 0.6 is 50.5 Å². The van der Waals surface area contributed by atoms with Crippen LogP contribution in [0, 0.1) is 13.8 Å². The van der Waals surface area contributed by atoms with Crippen molar-refractivity contribution < 1.29 is 14.3 Å². The van der Waals surface area contributed by atoms with Crippen LogP contribution in [-0.4, -0.2) is 28.3 Å². The van der Waals surface area contributed by atoms with Crippen LogP contribution in [0.25, 0.3) is 17.0 Å². The molecule has 0 aliphatic carbocycles. The normalized spacial score (nSPS) is 14.9. The molecule has 0 N–H and O–H groups in total. The molecule has 0 saturated heterocycles. The van der Waals surface area contributed by atoms with Gasteiger partial charge in [-0.2, -0.15) is 0 Å². The summed E-state index contributed by atoms with van der Waals surface area (Å²) in [5.74, 6) is 0.00499. The molecule has 242 valence electrons. The number of rotatable bonds is 7. The summed E-state index contributed by atoms with van der Waals surface area (Å²) in [7, 11) is 1.33. The second-order valence-electron chi connectivity index (χ2n) is 11.7. The number of carbonyl (C=O) groups is 1. The maximum Gasteiger partial charge on any atom is 0.338 e. The predicted molar refractivity (Wildman–Crippen MR) is 193 cm³/mol. The monoisotopic (exact) mass is 751 g/mol. The van der Waals surface area contributed by atoms with Crippen molar-refractivity contribution in [3.63, 3.8) is 0 Å². The number of fused-ring (bicyclic) bond motifs is 2. The lowest BCUT2D eigenvalue weighted by atomic mass is 9.95. The highest BCUT2D eigenvalue weighted by Gasteiger charge is 2.35. The van der Waals surface area contributed by atoms with E-state index in [0.29, 0.717) is 42.9 Å². The van der Waals surface area contributed by atoms with Crippen molar-refractivity contribution in [2.24, 2.45) is 4.99 Å². The third-order valence-electron chi connectivity index (χ3n) is 8.27. The van der Waals surface area contributed by atoms with Gasteiger partial charge in [0.05, 0.1) is 34.5 Å². The van der Waals surface area contributed by atoms with E-state index in [1.165, 1.54) is 18.4 Å². The van der Waals surface area contributed by atoms with Gasteiger partial charge < -0.3 is 14.0 Å². The minimum Gasteiger partial charge on any atom is -0.491 e. The van der Waals surface area contributed by atoms with Crippen LogP contribution in [0.4, 0.5) is 0 Å². The number of hydrogen-bond acceptors (Lipinski definition) is 6. The van der Waals surface area contributed by atoms with Crippen LogP contribution in [0.2, 0.25) is 10.0 Å². The van der Waals surface area contributed by atoms with Crippen molar-refractivity contribution in [3.05, 3.63) is 128 Å². The number of hydrogen-bond donors (Lipinski definition) is 0. The smallest absolute Gasteiger partial charge is 0.338 e. The second kappa shape index (κ2) is 13.1. The van der Waals surface area contributed by atoms with Crippen LogP contribution in [0.3, 0.4) is 0 Å². The van der Waals surface area contributed by atoms with Gasteiger partial charge in [-0.3, -0.25) is 9.36 Å². The van der Waals surface area contributed by atoms with E-state index in [0.717, 1.165) is 37.8 Å².